The van der Waals surface area contributed by atoms with Crippen molar-refractivity contribution in [3.05, 3.63) is 28.2 Å². The number of carbonyl (C=O) groups excluding carboxylic acids is 1. The van der Waals surface area contributed by atoms with Crippen LogP contribution in [0.3, 0.4) is 0 Å². The van der Waals surface area contributed by atoms with Crippen LogP contribution in [0.2, 0.25) is 10.0 Å². The third kappa shape index (κ3) is 3.38. The van der Waals surface area contributed by atoms with E-state index in [1.54, 1.807) is 6.07 Å². The van der Waals surface area contributed by atoms with Crippen molar-refractivity contribution in [2.24, 2.45) is 17.3 Å². The average molecular weight is 492 g/mol. The van der Waals surface area contributed by atoms with Crippen LogP contribution < -0.4 is 0 Å². The molecule has 1 aromatic carbocycles. The van der Waals surface area contributed by atoms with Crippen LogP contribution in [0.1, 0.15) is 38.5 Å². The molecule has 5 aliphatic rings. The van der Waals surface area contributed by atoms with Crippen LogP contribution in [0.5, 0.6) is 0 Å². The second-order valence-corrected chi connectivity index (χ2v) is 13.1. The van der Waals surface area contributed by atoms with Crippen molar-refractivity contribution in [1.82, 2.24) is 9.21 Å². The Bertz CT molecular complexity index is 957. The maximum atomic E-state index is 13.6. The molecule has 30 heavy (non-hydrogen) atoms. The van der Waals surface area contributed by atoms with E-state index < -0.39 is 10.0 Å². The molecule has 1 saturated heterocycles. The first kappa shape index (κ1) is 21.3. The lowest BCUT2D eigenvalue weighted by Crippen LogP contribution is -2.61. The monoisotopic (exact) mass is 490 g/mol. The number of sulfonamides is 1. The number of piperazine rings is 1. The molecular weight excluding hydrogens is 467 g/mol. The van der Waals surface area contributed by atoms with Crippen molar-refractivity contribution >= 4 is 50.7 Å². The SMILES string of the molecule is O=C(N1CCN(S(=O)(=O)c2c(Cl)cccc2Cl)CC1)C12C[C@@H]3C[C@@H](CC(Cl)(C3)C1)C2. The zero-order chi connectivity index (χ0) is 21.3. The topological polar surface area (TPSA) is 57.7 Å². The molecule has 1 heterocycles. The molecule has 0 radical (unpaired) electrons. The molecule has 0 aromatic heterocycles. The number of hydrogen-bond donors (Lipinski definition) is 0. The molecule has 1 aromatic rings. The van der Waals surface area contributed by atoms with Crippen LogP contribution in [0, 0.1) is 17.3 Å². The summed E-state index contributed by atoms with van der Waals surface area (Å²) in [5.41, 5.74) is -0.348. The minimum Gasteiger partial charge on any atom is -0.340 e. The lowest BCUT2D eigenvalue weighted by Gasteiger charge is -2.60. The van der Waals surface area contributed by atoms with Crippen LogP contribution in [-0.4, -0.2) is 54.6 Å². The fraction of sp³-hybridized carbons (Fsp3) is 0.667. The van der Waals surface area contributed by atoms with Crippen molar-refractivity contribution in [3.8, 4) is 0 Å². The van der Waals surface area contributed by atoms with Crippen molar-refractivity contribution in [2.45, 2.75) is 48.3 Å². The number of hydrogen-bond acceptors (Lipinski definition) is 3. The van der Waals surface area contributed by atoms with Crippen molar-refractivity contribution < 1.29 is 13.2 Å². The minimum absolute atomic E-state index is 0.0572. The van der Waals surface area contributed by atoms with Gasteiger partial charge in [0, 0.05) is 31.1 Å². The van der Waals surface area contributed by atoms with Crippen LogP contribution in [-0.2, 0) is 14.8 Å². The summed E-state index contributed by atoms with van der Waals surface area (Å²) in [6.07, 6.45) is 5.90. The van der Waals surface area contributed by atoms with Gasteiger partial charge in [-0.25, -0.2) is 8.42 Å². The molecule has 4 atom stereocenters. The molecule has 2 unspecified atom stereocenters. The van der Waals surface area contributed by atoms with Gasteiger partial charge in [-0.3, -0.25) is 4.79 Å². The number of alkyl halides is 1. The Morgan fingerprint density at radius 3 is 2.07 bits per heavy atom. The molecule has 6 rings (SSSR count). The highest BCUT2D eigenvalue weighted by Crippen LogP contribution is 2.64. The summed E-state index contributed by atoms with van der Waals surface area (Å²) in [7, 11) is -3.82. The van der Waals surface area contributed by atoms with Crippen molar-refractivity contribution in [3.63, 3.8) is 0 Å². The normalized spacial score (nSPS) is 36.3. The largest absolute Gasteiger partial charge is 0.340 e. The van der Waals surface area contributed by atoms with Gasteiger partial charge in [0.05, 0.1) is 15.5 Å². The lowest BCUT2D eigenvalue weighted by atomic mass is 9.49. The standard InChI is InChI=1S/C21H25Cl3N2O3S/c22-16-2-1-3-17(23)18(16)30(28,29)26-6-4-25(5-7-26)19(27)20-9-14-8-15(10-20)12-21(24,11-14)13-20/h1-3,14-15H,4-13H2/t14-,15+,20?,21?. The number of amides is 1. The number of rotatable bonds is 3. The summed E-state index contributed by atoms with van der Waals surface area (Å²) >= 11 is 19.2. The van der Waals surface area contributed by atoms with E-state index in [0.717, 1.165) is 32.1 Å². The fourth-order valence-electron chi connectivity index (χ4n) is 6.73. The van der Waals surface area contributed by atoms with Gasteiger partial charge < -0.3 is 4.90 Å². The predicted octanol–water partition coefficient (Wildman–Crippen LogP) is 4.40. The quantitative estimate of drug-likeness (QED) is 0.589. The van der Waals surface area contributed by atoms with E-state index in [0.29, 0.717) is 24.9 Å². The molecule has 4 saturated carbocycles. The van der Waals surface area contributed by atoms with Crippen molar-refractivity contribution in [1.29, 1.82) is 0 Å². The van der Waals surface area contributed by atoms with Crippen LogP contribution in [0.25, 0.3) is 0 Å². The second kappa shape index (κ2) is 7.24. The summed E-state index contributed by atoms with van der Waals surface area (Å²) in [5, 5.41) is 0.226. The zero-order valence-electron chi connectivity index (χ0n) is 16.6. The first-order valence-electron chi connectivity index (χ1n) is 10.5. The Balaban J connectivity index is 1.31. The van der Waals surface area contributed by atoms with Gasteiger partial charge >= 0.3 is 0 Å². The Hall–Kier alpha value is -0.530. The average Bonchev–Trinajstić information content (AvgIpc) is 2.65. The van der Waals surface area contributed by atoms with E-state index >= 15 is 0 Å². The highest BCUT2D eigenvalue weighted by molar-refractivity contribution is 7.89. The number of carbonyl (C=O) groups is 1. The maximum Gasteiger partial charge on any atom is 0.246 e. The van der Waals surface area contributed by atoms with Crippen LogP contribution in [0.4, 0.5) is 0 Å². The predicted molar refractivity (Wildman–Crippen MR) is 117 cm³/mol. The highest BCUT2D eigenvalue weighted by Gasteiger charge is 2.60. The number of halogens is 3. The molecule has 164 valence electrons. The van der Waals surface area contributed by atoms with Crippen LogP contribution >= 0.6 is 34.8 Å². The van der Waals surface area contributed by atoms with Gasteiger partial charge in [-0.2, -0.15) is 4.31 Å². The summed E-state index contributed by atoms with van der Waals surface area (Å²) in [4.78, 5) is 15.2. The van der Waals surface area contributed by atoms with Crippen LogP contribution in [0.15, 0.2) is 23.1 Å². The van der Waals surface area contributed by atoms with E-state index in [1.807, 2.05) is 4.90 Å². The summed E-state index contributed by atoms with van der Waals surface area (Å²) in [5.74, 6) is 1.28. The van der Waals surface area contributed by atoms with Gasteiger partial charge in [0.15, 0.2) is 0 Å². The third-order valence-electron chi connectivity index (χ3n) is 7.49. The smallest absolute Gasteiger partial charge is 0.246 e. The lowest BCUT2D eigenvalue weighted by molar-refractivity contribution is -0.157. The first-order chi connectivity index (χ1) is 14.1. The van der Waals surface area contributed by atoms with E-state index in [4.69, 9.17) is 34.8 Å². The molecule has 4 bridgehead atoms. The van der Waals surface area contributed by atoms with E-state index in [-0.39, 0.29) is 44.2 Å². The number of nitrogens with zero attached hydrogens (tertiary/aromatic N) is 2. The molecule has 4 aliphatic carbocycles. The third-order valence-corrected chi connectivity index (χ3v) is 10.8. The Kier molecular flexibility index (Phi) is 5.15. The summed E-state index contributed by atoms with van der Waals surface area (Å²) in [6, 6.07) is 4.67. The van der Waals surface area contributed by atoms with Gasteiger partial charge in [-0.15, -0.1) is 11.6 Å². The highest BCUT2D eigenvalue weighted by atomic mass is 35.5. The zero-order valence-corrected chi connectivity index (χ0v) is 19.7. The first-order valence-corrected chi connectivity index (χ1v) is 13.1. The molecule has 1 aliphatic heterocycles. The Labute approximate surface area is 192 Å². The van der Waals surface area contributed by atoms with Crippen molar-refractivity contribution in [2.75, 3.05) is 26.2 Å². The Morgan fingerprint density at radius 1 is 0.967 bits per heavy atom. The molecular formula is C21H25Cl3N2O3S. The molecule has 0 spiro atoms. The molecule has 0 N–H and O–H groups in total. The molecule has 5 nitrogen and oxygen atoms in total. The van der Waals surface area contributed by atoms with Gasteiger partial charge in [-0.1, -0.05) is 29.3 Å². The molecule has 1 amide bonds. The van der Waals surface area contributed by atoms with Gasteiger partial charge in [0.2, 0.25) is 15.9 Å². The van der Waals surface area contributed by atoms with E-state index in [2.05, 4.69) is 0 Å². The molecule has 5 fully saturated rings. The summed E-state index contributed by atoms with van der Waals surface area (Å²) < 4.78 is 27.6. The second-order valence-electron chi connectivity index (χ2n) is 9.64. The fourth-order valence-corrected chi connectivity index (χ4v) is 9.93. The van der Waals surface area contributed by atoms with Gasteiger partial charge in [-0.05, 0) is 62.5 Å². The Morgan fingerprint density at radius 2 is 1.53 bits per heavy atom. The maximum absolute atomic E-state index is 13.6. The molecule has 9 heteroatoms. The van der Waals surface area contributed by atoms with Gasteiger partial charge in [0.25, 0.3) is 0 Å². The van der Waals surface area contributed by atoms with Gasteiger partial charge in [0.1, 0.15) is 4.90 Å². The number of benzene rings is 1. The summed E-state index contributed by atoms with van der Waals surface area (Å²) in [6.45, 7) is 1.24. The van der Waals surface area contributed by atoms with E-state index in [1.165, 1.54) is 22.9 Å². The van der Waals surface area contributed by atoms with E-state index in [9.17, 15) is 13.2 Å². The minimum atomic E-state index is -3.82.